The lowest BCUT2D eigenvalue weighted by Gasteiger charge is -2.02. The Balaban J connectivity index is 2.23. The van der Waals surface area contributed by atoms with E-state index in [-0.39, 0.29) is 5.91 Å². The lowest BCUT2D eigenvalue weighted by molar-refractivity contribution is -0.121. The van der Waals surface area contributed by atoms with Crippen LogP contribution >= 0.6 is 23.2 Å². The van der Waals surface area contributed by atoms with Crippen molar-refractivity contribution in [2.75, 3.05) is 0 Å². The highest BCUT2D eigenvalue weighted by Crippen LogP contribution is 2.24. The van der Waals surface area contributed by atoms with Gasteiger partial charge in [0.15, 0.2) is 0 Å². The Kier molecular flexibility index (Phi) is 9.11. The zero-order valence-electron chi connectivity index (χ0n) is 12.4. The molecular weight excluding hydrogens is 307 g/mol. The molecule has 5 heteroatoms. The third kappa shape index (κ3) is 7.49. The average molecular weight is 329 g/mol. The summed E-state index contributed by atoms with van der Waals surface area (Å²) in [6, 6.07) is 5.28. The van der Waals surface area contributed by atoms with Crippen LogP contribution in [0.25, 0.3) is 0 Å². The zero-order chi connectivity index (χ0) is 15.5. The number of amides is 1. The molecule has 1 aromatic rings. The van der Waals surface area contributed by atoms with E-state index in [2.05, 4.69) is 17.5 Å². The van der Waals surface area contributed by atoms with E-state index in [1.807, 2.05) is 0 Å². The highest BCUT2D eigenvalue weighted by atomic mass is 35.5. The quantitative estimate of drug-likeness (QED) is 0.378. The predicted molar refractivity (Wildman–Crippen MR) is 90.2 cm³/mol. The van der Waals surface area contributed by atoms with E-state index in [1.165, 1.54) is 31.9 Å². The van der Waals surface area contributed by atoms with E-state index in [4.69, 9.17) is 23.2 Å². The van der Waals surface area contributed by atoms with Crippen LogP contribution in [-0.2, 0) is 4.79 Å². The van der Waals surface area contributed by atoms with Gasteiger partial charge >= 0.3 is 0 Å². The molecule has 1 amide bonds. The number of rotatable bonds is 9. The van der Waals surface area contributed by atoms with Gasteiger partial charge in [-0.1, -0.05) is 74.4 Å². The number of benzene rings is 1. The molecule has 116 valence electrons. The van der Waals surface area contributed by atoms with E-state index < -0.39 is 0 Å². The summed E-state index contributed by atoms with van der Waals surface area (Å²) in [5, 5.41) is 4.81. The van der Waals surface area contributed by atoms with Crippen molar-refractivity contribution < 1.29 is 4.79 Å². The Morgan fingerprint density at radius 1 is 1.19 bits per heavy atom. The van der Waals surface area contributed by atoms with Gasteiger partial charge in [0.1, 0.15) is 0 Å². The third-order valence-electron chi connectivity index (χ3n) is 3.13. The summed E-state index contributed by atoms with van der Waals surface area (Å²) in [7, 11) is 0. The van der Waals surface area contributed by atoms with Crippen molar-refractivity contribution in [3.8, 4) is 0 Å². The molecule has 0 aliphatic rings. The standard InChI is InChI=1S/C16H22Cl2N2O/c1-2-3-4-5-6-7-11-15(21)20-19-12-13-9-8-10-14(17)16(13)18/h8-10,12H,2-7,11H2,1H3,(H,20,21). The Morgan fingerprint density at radius 2 is 1.90 bits per heavy atom. The van der Waals surface area contributed by atoms with Crippen molar-refractivity contribution in [3.63, 3.8) is 0 Å². The molecule has 0 aromatic heterocycles. The van der Waals surface area contributed by atoms with E-state index in [0.29, 0.717) is 22.0 Å². The molecule has 0 unspecified atom stereocenters. The second-order valence-corrected chi connectivity index (χ2v) is 5.74. The van der Waals surface area contributed by atoms with Crippen molar-refractivity contribution in [2.45, 2.75) is 51.9 Å². The number of halogens is 2. The molecule has 0 bridgehead atoms. The topological polar surface area (TPSA) is 41.5 Å². The van der Waals surface area contributed by atoms with Gasteiger partial charge in [0.2, 0.25) is 5.91 Å². The van der Waals surface area contributed by atoms with Crippen LogP contribution in [0.2, 0.25) is 10.0 Å². The van der Waals surface area contributed by atoms with Crippen LogP contribution < -0.4 is 5.43 Å². The van der Waals surface area contributed by atoms with E-state index in [9.17, 15) is 4.79 Å². The van der Waals surface area contributed by atoms with Gasteiger partial charge in [-0.2, -0.15) is 5.10 Å². The number of hydrogen-bond donors (Lipinski definition) is 1. The van der Waals surface area contributed by atoms with Crippen molar-refractivity contribution in [1.82, 2.24) is 5.43 Å². The molecule has 3 nitrogen and oxygen atoms in total. The molecule has 0 aliphatic carbocycles. The van der Waals surface area contributed by atoms with Gasteiger partial charge < -0.3 is 0 Å². The first kappa shape index (κ1) is 18.0. The van der Waals surface area contributed by atoms with Crippen LogP contribution in [0.3, 0.4) is 0 Å². The highest BCUT2D eigenvalue weighted by molar-refractivity contribution is 6.43. The lowest BCUT2D eigenvalue weighted by atomic mass is 10.1. The molecular formula is C16H22Cl2N2O. The van der Waals surface area contributed by atoms with Crippen LogP contribution in [0.4, 0.5) is 0 Å². The van der Waals surface area contributed by atoms with Gasteiger partial charge in [0, 0.05) is 12.0 Å². The highest BCUT2D eigenvalue weighted by Gasteiger charge is 2.02. The van der Waals surface area contributed by atoms with E-state index in [1.54, 1.807) is 18.2 Å². The Morgan fingerprint density at radius 3 is 2.67 bits per heavy atom. The number of carbonyl (C=O) groups is 1. The molecule has 0 fully saturated rings. The summed E-state index contributed by atoms with van der Waals surface area (Å²) >= 11 is 11.9. The Labute approximate surface area is 136 Å². The maximum atomic E-state index is 11.6. The summed E-state index contributed by atoms with van der Waals surface area (Å²) in [5.74, 6) is -0.0695. The van der Waals surface area contributed by atoms with Crippen molar-refractivity contribution >= 4 is 35.3 Å². The summed E-state index contributed by atoms with van der Waals surface area (Å²) in [5.41, 5.74) is 3.19. The first-order valence-electron chi connectivity index (χ1n) is 7.41. The lowest BCUT2D eigenvalue weighted by Crippen LogP contribution is -2.16. The minimum Gasteiger partial charge on any atom is -0.273 e. The number of nitrogens with one attached hydrogen (secondary N) is 1. The molecule has 0 aliphatic heterocycles. The fourth-order valence-corrected chi connectivity index (χ4v) is 2.27. The minimum absolute atomic E-state index is 0.0695. The molecule has 0 heterocycles. The summed E-state index contributed by atoms with van der Waals surface area (Å²) in [4.78, 5) is 11.6. The maximum absolute atomic E-state index is 11.6. The monoisotopic (exact) mass is 328 g/mol. The van der Waals surface area contributed by atoms with Gasteiger partial charge in [0.05, 0.1) is 16.3 Å². The minimum atomic E-state index is -0.0695. The first-order valence-corrected chi connectivity index (χ1v) is 8.16. The molecule has 0 spiro atoms. The molecule has 0 atom stereocenters. The van der Waals surface area contributed by atoms with E-state index in [0.717, 1.165) is 12.8 Å². The number of hydrogen-bond acceptors (Lipinski definition) is 2. The molecule has 21 heavy (non-hydrogen) atoms. The van der Waals surface area contributed by atoms with Crippen molar-refractivity contribution in [2.24, 2.45) is 5.10 Å². The second-order valence-electron chi connectivity index (χ2n) is 4.95. The molecule has 0 saturated carbocycles. The summed E-state index contributed by atoms with van der Waals surface area (Å²) in [6.45, 7) is 2.19. The first-order chi connectivity index (χ1) is 10.1. The summed E-state index contributed by atoms with van der Waals surface area (Å²) < 4.78 is 0. The fourth-order valence-electron chi connectivity index (χ4n) is 1.92. The van der Waals surface area contributed by atoms with Crippen molar-refractivity contribution in [1.29, 1.82) is 0 Å². The smallest absolute Gasteiger partial charge is 0.240 e. The maximum Gasteiger partial charge on any atom is 0.240 e. The molecule has 1 rings (SSSR count). The summed E-state index contributed by atoms with van der Waals surface area (Å²) in [6.07, 6.45) is 8.98. The second kappa shape index (κ2) is 10.6. The number of carbonyl (C=O) groups excluding carboxylic acids is 1. The zero-order valence-corrected chi connectivity index (χ0v) is 13.9. The van der Waals surface area contributed by atoms with Crippen LogP contribution in [0.15, 0.2) is 23.3 Å². The van der Waals surface area contributed by atoms with Crippen LogP contribution in [0.5, 0.6) is 0 Å². The van der Waals surface area contributed by atoms with Crippen LogP contribution in [0, 0.1) is 0 Å². The Hall–Kier alpha value is -1.06. The Bertz CT molecular complexity index is 475. The normalized spacial score (nSPS) is 11.0. The average Bonchev–Trinajstić information content (AvgIpc) is 2.47. The molecule has 0 saturated heterocycles. The predicted octanol–water partition coefficient (Wildman–Crippen LogP) is 5.19. The van der Waals surface area contributed by atoms with Crippen LogP contribution in [-0.4, -0.2) is 12.1 Å². The molecule has 1 N–H and O–H groups in total. The molecule has 1 aromatic carbocycles. The van der Waals surface area contributed by atoms with Gasteiger partial charge in [0.25, 0.3) is 0 Å². The number of unbranched alkanes of at least 4 members (excludes halogenated alkanes) is 5. The van der Waals surface area contributed by atoms with Gasteiger partial charge in [-0.05, 0) is 12.5 Å². The number of nitrogens with zero attached hydrogens (tertiary/aromatic N) is 1. The number of hydrazone groups is 1. The van der Waals surface area contributed by atoms with Crippen molar-refractivity contribution in [3.05, 3.63) is 33.8 Å². The fraction of sp³-hybridized carbons (Fsp3) is 0.500. The molecule has 0 radical (unpaired) electrons. The van der Waals surface area contributed by atoms with Gasteiger partial charge in [-0.25, -0.2) is 5.43 Å². The SMILES string of the molecule is CCCCCCCCC(=O)NN=Cc1cccc(Cl)c1Cl. The third-order valence-corrected chi connectivity index (χ3v) is 3.97. The van der Waals surface area contributed by atoms with Gasteiger partial charge in [-0.3, -0.25) is 4.79 Å². The van der Waals surface area contributed by atoms with E-state index >= 15 is 0 Å². The van der Waals surface area contributed by atoms with Gasteiger partial charge in [-0.15, -0.1) is 0 Å². The van der Waals surface area contributed by atoms with Crippen LogP contribution in [0.1, 0.15) is 57.4 Å². The largest absolute Gasteiger partial charge is 0.273 e.